The van der Waals surface area contributed by atoms with Crippen LogP contribution in [-0.2, 0) is 16.0 Å². The predicted octanol–water partition coefficient (Wildman–Crippen LogP) is 1.03. The van der Waals surface area contributed by atoms with Crippen molar-refractivity contribution >= 4 is 11.8 Å². The molecule has 0 spiro atoms. The van der Waals surface area contributed by atoms with Gasteiger partial charge in [0, 0.05) is 32.1 Å². The van der Waals surface area contributed by atoms with Crippen LogP contribution in [0.2, 0.25) is 0 Å². The smallest absolute Gasteiger partial charge is 0.241 e. The van der Waals surface area contributed by atoms with E-state index in [9.17, 15) is 9.59 Å². The van der Waals surface area contributed by atoms with Crippen LogP contribution in [0.4, 0.5) is 0 Å². The van der Waals surface area contributed by atoms with Crippen molar-refractivity contribution < 1.29 is 9.59 Å². The van der Waals surface area contributed by atoms with Gasteiger partial charge in [-0.2, -0.15) is 0 Å². The lowest BCUT2D eigenvalue weighted by Crippen LogP contribution is -2.61. The number of rotatable bonds is 5. The minimum atomic E-state index is -0.514. The lowest BCUT2D eigenvalue weighted by atomic mass is 10.1. The molecule has 2 N–H and O–H groups in total. The van der Waals surface area contributed by atoms with Gasteiger partial charge >= 0.3 is 0 Å². The van der Waals surface area contributed by atoms with Crippen LogP contribution in [-0.4, -0.2) is 53.3 Å². The number of hydrogen-bond donors (Lipinski definition) is 1. The molecule has 0 aliphatic carbocycles. The van der Waals surface area contributed by atoms with Crippen molar-refractivity contribution in [2.75, 3.05) is 19.6 Å². The Morgan fingerprint density at radius 1 is 1.23 bits per heavy atom. The molecule has 120 valence electrons. The van der Waals surface area contributed by atoms with E-state index < -0.39 is 11.9 Å². The van der Waals surface area contributed by atoms with E-state index in [0.29, 0.717) is 32.0 Å². The summed E-state index contributed by atoms with van der Waals surface area (Å²) in [4.78, 5) is 28.0. The van der Waals surface area contributed by atoms with Gasteiger partial charge in [0.15, 0.2) is 0 Å². The van der Waals surface area contributed by atoms with Gasteiger partial charge in [0.25, 0.3) is 0 Å². The first-order chi connectivity index (χ1) is 10.5. The Morgan fingerprint density at radius 3 is 2.50 bits per heavy atom. The third-order valence-corrected chi connectivity index (χ3v) is 4.26. The molecule has 0 saturated carbocycles. The van der Waals surface area contributed by atoms with E-state index in [4.69, 9.17) is 5.73 Å². The summed E-state index contributed by atoms with van der Waals surface area (Å²) < 4.78 is 0. The molecule has 1 fully saturated rings. The Bertz CT molecular complexity index is 516. The summed E-state index contributed by atoms with van der Waals surface area (Å²) in [7, 11) is 0. The van der Waals surface area contributed by atoms with Crippen LogP contribution >= 0.6 is 0 Å². The highest BCUT2D eigenvalue weighted by Gasteiger charge is 2.34. The second-order valence-electron chi connectivity index (χ2n) is 6.08. The molecule has 0 bridgehead atoms. The maximum atomic E-state index is 12.5. The summed E-state index contributed by atoms with van der Waals surface area (Å²) in [5.74, 6) is -0.408. The van der Waals surface area contributed by atoms with Crippen molar-refractivity contribution in [1.82, 2.24) is 9.80 Å². The molecule has 5 heteroatoms. The van der Waals surface area contributed by atoms with Gasteiger partial charge in [-0.25, -0.2) is 0 Å². The lowest BCUT2D eigenvalue weighted by Gasteiger charge is -2.41. The fourth-order valence-corrected chi connectivity index (χ4v) is 2.85. The summed E-state index contributed by atoms with van der Waals surface area (Å²) in [5, 5.41) is 0. The highest BCUT2D eigenvalue weighted by molar-refractivity contribution is 5.87. The summed E-state index contributed by atoms with van der Waals surface area (Å²) in [6.07, 6.45) is 1.10. The first-order valence-corrected chi connectivity index (χ1v) is 7.86. The Hall–Kier alpha value is -1.88. The van der Waals surface area contributed by atoms with E-state index in [-0.39, 0.29) is 5.91 Å². The Balaban J connectivity index is 1.97. The molecule has 2 amide bonds. The highest BCUT2D eigenvalue weighted by atomic mass is 16.2. The average molecular weight is 303 g/mol. The zero-order valence-corrected chi connectivity index (χ0v) is 13.4. The molecule has 0 radical (unpaired) electrons. The van der Waals surface area contributed by atoms with Gasteiger partial charge in [0.2, 0.25) is 11.8 Å². The highest BCUT2D eigenvalue weighted by Crippen LogP contribution is 2.15. The minimum Gasteiger partial charge on any atom is -0.368 e. The SMILES string of the molecule is CC(C)N1CCN(C(=O)CCc2ccccc2)[C@@H](C(N)=O)C1. The number of hydrogen-bond acceptors (Lipinski definition) is 3. The number of nitrogens with two attached hydrogens (primary N) is 1. The third kappa shape index (κ3) is 4.07. The number of nitrogens with zero attached hydrogens (tertiary/aromatic N) is 2. The van der Waals surface area contributed by atoms with Crippen molar-refractivity contribution in [3.8, 4) is 0 Å². The number of amides is 2. The van der Waals surface area contributed by atoms with E-state index in [2.05, 4.69) is 18.7 Å². The molecule has 1 atom stereocenters. The molecule has 1 aromatic rings. The van der Waals surface area contributed by atoms with Crippen molar-refractivity contribution in [2.45, 2.75) is 38.8 Å². The topological polar surface area (TPSA) is 66.6 Å². The molecule has 2 rings (SSSR count). The molecule has 1 heterocycles. The quantitative estimate of drug-likeness (QED) is 0.883. The van der Waals surface area contributed by atoms with Gasteiger partial charge in [-0.15, -0.1) is 0 Å². The molecular weight excluding hydrogens is 278 g/mol. The molecule has 1 aromatic carbocycles. The first-order valence-electron chi connectivity index (χ1n) is 7.86. The summed E-state index contributed by atoms with van der Waals surface area (Å²) in [5.41, 5.74) is 6.64. The number of benzene rings is 1. The first kappa shape index (κ1) is 16.5. The number of piperazine rings is 1. The van der Waals surface area contributed by atoms with Crippen LogP contribution in [0.15, 0.2) is 30.3 Å². The molecule has 0 aromatic heterocycles. The number of aryl methyl sites for hydroxylation is 1. The van der Waals surface area contributed by atoms with Gasteiger partial charge in [-0.3, -0.25) is 14.5 Å². The Labute approximate surface area is 132 Å². The molecule has 5 nitrogen and oxygen atoms in total. The number of primary amides is 1. The van der Waals surface area contributed by atoms with Gasteiger partial charge in [-0.05, 0) is 25.8 Å². The third-order valence-electron chi connectivity index (χ3n) is 4.26. The Morgan fingerprint density at radius 2 is 1.91 bits per heavy atom. The second kappa shape index (κ2) is 7.40. The van der Waals surface area contributed by atoms with Gasteiger partial charge in [-0.1, -0.05) is 30.3 Å². The molecule has 0 unspecified atom stereocenters. The van der Waals surface area contributed by atoms with Crippen LogP contribution in [0.3, 0.4) is 0 Å². The van der Waals surface area contributed by atoms with Crippen LogP contribution in [0.5, 0.6) is 0 Å². The molecular formula is C17H25N3O2. The monoisotopic (exact) mass is 303 g/mol. The number of carbonyl (C=O) groups is 2. The van der Waals surface area contributed by atoms with E-state index in [0.717, 1.165) is 12.1 Å². The van der Waals surface area contributed by atoms with Crippen molar-refractivity contribution in [3.05, 3.63) is 35.9 Å². The minimum absolute atomic E-state index is 0.0102. The second-order valence-corrected chi connectivity index (χ2v) is 6.08. The van der Waals surface area contributed by atoms with Crippen molar-refractivity contribution in [1.29, 1.82) is 0 Å². The average Bonchev–Trinajstić information content (AvgIpc) is 2.52. The standard InChI is InChI=1S/C17H25N3O2/c1-13(2)19-10-11-20(15(12-19)17(18)22)16(21)9-8-14-6-4-3-5-7-14/h3-7,13,15H,8-12H2,1-2H3,(H2,18,22)/t15-/m1/s1. The summed E-state index contributed by atoms with van der Waals surface area (Å²) in [6.45, 7) is 6.07. The molecule has 1 aliphatic heterocycles. The van der Waals surface area contributed by atoms with Crippen LogP contribution in [0.25, 0.3) is 0 Å². The zero-order valence-electron chi connectivity index (χ0n) is 13.4. The van der Waals surface area contributed by atoms with E-state index in [1.54, 1.807) is 4.90 Å². The van der Waals surface area contributed by atoms with Crippen molar-refractivity contribution in [2.24, 2.45) is 5.73 Å². The van der Waals surface area contributed by atoms with E-state index in [1.807, 2.05) is 30.3 Å². The molecule has 1 saturated heterocycles. The zero-order chi connectivity index (χ0) is 16.1. The van der Waals surface area contributed by atoms with Crippen molar-refractivity contribution in [3.63, 3.8) is 0 Å². The van der Waals surface area contributed by atoms with Gasteiger partial charge in [0.05, 0.1) is 0 Å². The van der Waals surface area contributed by atoms with Crippen LogP contribution in [0.1, 0.15) is 25.8 Å². The van der Waals surface area contributed by atoms with Crippen LogP contribution < -0.4 is 5.73 Å². The summed E-state index contributed by atoms with van der Waals surface area (Å²) >= 11 is 0. The largest absolute Gasteiger partial charge is 0.368 e. The maximum Gasteiger partial charge on any atom is 0.241 e. The molecule has 1 aliphatic rings. The fraction of sp³-hybridized carbons (Fsp3) is 0.529. The van der Waals surface area contributed by atoms with E-state index in [1.165, 1.54) is 0 Å². The van der Waals surface area contributed by atoms with Gasteiger partial charge < -0.3 is 10.6 Å². The van der Waals surface area contributed by atoms with Crippen LogP contribution in [0, 0.1) is 0 Å². The normalized spacial score (nSPS) is 19.4. The molecule has 22 heavy (non-hydrogen) atoms. The van der Waals surface area contributed by atoms with Gasteiger partial charge in [0.1, 0.15) is 6.04 Å². The van der Waals surface area contributed by atoms with E-state index >= 15 is 0 Å². The number of carbonyl (C=O) groups excluding carboxylic acids is 2. The fourth-order valence-electron chi connectivity index (χ4n) is 2.85. The summed E-state index contributed by atoms with van der Waals surface area (Å²) in [6, 6.07) is 9.74. The Kier molecular flexibility index (Phi) is 5.55. The predicted molar refractivity (Wildman–Crippen MR) is 86.2 cm³/mol. The maximum absolute atomic E-state index is 12.5. The lowest BCUT2D eigenvalue weighted by molar-refractivity contribution is -0.143.